The van der Waals surface area contributed by atoms with Gasteiger partial charge < -0.3 is 16.4 Å². The van der Waals surface area contributed by atoms with Crippen LogP contribution in [-0.4, -0.2) is 27.0 Å². The van der Waals surface area contributed by atoms with E-state index in [4.69, 9.17) is 5.73 Å². The number of carbonyl (C=O) groups is 1. The summed E-state index contributed by atoms with van der Waals surface area (Å²) in [5, 5.41) is 13.7. The molecular formula is C20H17N7O. The van der Waals surface area contributed by atoms with E-state index in [0.29, 0.717) is 22.8 Å². The summed E-state index contributed by atoms with van der Waals surface area (Å²) >= 11 is 0. The Morgan fingerprint density at radius 2 is 1.82 bits per heavy atom. The number of fused-ring (bicyclic) bond motifs is 1. The van der Waals surface area contributed by atoms with E-state index < -0.39 is 0 Å². The number of nitrogens with two attached hydrogens (primary N) is 1. The van der Waals surface area contributed by atoms with Crippen LogP contribution >= 0.6 is 0 Å². The third-order valence-corrected chi connectivity index (χ3v) is 4.00. The number of anilines is 2. The van der Waals surface area contributed by atoms with Crippen molar-refractivity contribution in [3.8, 4) is 0 Å². The molecule has 0 aliphatic carbocycles. The average Bonchev–Trinajstić information content (AvgIpc) is 3.17. The van der Waals surface area contributed by atoms with Crippen LogP contribution in [0, 0.1) is 0 Å². The maximum absolute atomic E-state index is 12.4. The van der Waals surface area contributed by atoms with Gasteiger partial charge in [-0.3, -0.25) is 9.89 Å². The summed E-state index contributed by atoms with van der Waals surface area (Å²) in [6, 6.07) is 17.9. The van der Waals surface area contributed by atoms with Crippen LogP contribution in [0.25, 0.3) is 10.9 Å². The van der Waals surface area contributed by atoms with Crippen molar-refractivity contribution < 1.29 is 4.79 Å². The van der Waals surface area contributed by atoms with E-state index >= 15 is 0 Å². The Kier molecular flexibility index (Phi) is 4.67. The van der Waals surface area contributed by atoms with Crippen LogP contribution < -0.4 is 16.4 Å². The van der Waals surface area contributed by atoms with E-state index in [-0.39, 0.29) is 11.9 Å². The number of aromatic nitrogens is 3. The Morgan fingerprint density at radius 3 is 2.61 bits per heavy atom. The SMILES string of the molecule is N/C(=N/c1ccccn1)Nc1ccc(C(=O)Nc2ccc3cn[nH]c3c2)cc1. The van der Waals surface area contributed by atoms with E-state index in [1.165, 1.54) is 0 Å². The number of hydrogen-bond donors (Lipinski definition) is 4. The maximum atomic E-state index is 12.4. The molecule has 2 heterocycles. The number of H-pyrrole nitrogens is 1. The molecule has 4 aromatic rings. The number of carbonyl (C=O) groups excluding carboxylic acids is 1. The second-order valence-electron chi connectivity index (χ2n) is 6.01. The van der Waals surface area contributed by atoms with E-state index in [1.54, 1.807) is 48.8 Å². The average molecular weight is 371 g/mol. The Balaban J connectivity index is 1.42. The highest BCUT2D eigenvalue weighted by atomic mass is 16.1. The summed E-state index contributed by atoms with van der Waals surface area (Å²) in [7, 11) is 0. The molecule has 0 aliphatic rings. The molecular weight excluding hydrogens is 354 g/mol. The van der Waals surface area contributed by atoms with Gasteiger partial charge in [-0.15, -0.1) is 0 Å². The molecule has 0 saturated carbocycles. The molecule has 5 N–H and O–H groups in total. The zero-order valence-electron chi connectivity index (χ0n) is 14.8. The number of aliphatic imine (C=N–C) groups is 1. The molecule has 1 amide bonds. The molecule has 0 radical (unpaired) electrons. The number of hydrogen-bond acceptors (Lipinski definition) is 4. The Bertz CT molecular complexity index is 1130. The molecule has 0 fully saturated rings. The number of nitrogens with zero attached hydrogens (tertiary/aromatic N) is 3. The van der Waals surface area contributed by atoms with Crippen molar-refractivity contribution >= 4 is 40.0 Å². The smallest absolute Gasteiger partial charge is 0.255 e. The van der Waals surface area contributed by atoms with Gasteiger partial charge in [0.15, 0.2) is 11.8 Å². The molecule has 138 valence electrons. The molecule has 8 heteroatoms. The van der Waals surface area contributed by atoms with Crippen molar-refractivity contribution in [3.05, 3.63) is 78.6 Å². The van der Waals surface area contributed by atoms with Gasteiger partial charge in [0.1, 0.15) is 0 Å². The molecule has 0 spiro atoms. The number of aromatic amines is 1. The maximum Gasteiger partial charge on any atom is 0.255 e. The molecule has 0 aliphatic heterocycles. The summed E-state index contributed by atoms with van der Waals surface area (Å²) in [6.45, 7) is 0. The Morgan fingerprint density at radius 1 is 1.00 bits per heavy atom. The largest absolute Gasteiger partial charge is 0.369 e. The highest BCUT2D eigenvalue weighted by molar-refractivity contribution is 6.05. The lowest BCUT2D eigenvalue weighted by Crippen LogP contribution is -2.22. The van der Waals surface area contributed by atoms with Crippen molar-refractivity contribution in [3.63, 3.8) is 0 Å². The quantitative estimate of drug-likeness (QED) is 0.324. The highest BCUT2D eigenvalue weighted by Crippen LogP contribution is 2.18. The number of rotatable bonds is 4. The van der Waals surface area contributed by atoms with E-state index in [9.17, 15) is 4.79 Å². The van der Waals surface area contributed by atoms with Gasteiger partial charge in [-0.05, 0) is 54.6 Å². The predicted octanol–water partition coefficient (Wildman–Crippen LogP) is 3.27. The van der Waals surface area contributed by atoms with Gasteiger partial charge in [0.25, 0.3) is 5.91 Å². The van der Waals surface area contributed by atoms with Crippen LogP contribution in [0.4, 0.5) is 17.2 Å². The Hall–Kier alpha value is -4.20. The molecule has 2 aromatic heterocycles. The standard InChI is InChI=1S/C20H17N7O/c21-20(26-18-3-1-2-10-22-18)25-15-7-4-13(5-8-15)19(28)24-16-9-6-14-12-23-27-17(14)11-16/h1-12H,(H,23,27)(H,24,28)(H3,21,22,25,26). The summed E-state index contributed by atoms with van der Waals surface area (Å²) in [6.07, 6.45) is 3.37. The fourth-order valence-corrected chi connectivity index (χ4v) is 2.64. The molecule has 4 rings (SSSR count). The van der Waals surface area contributed by atoms with Crippen molar-refractivity contribution in [1.82, 2.24) is 15.2 Å². The zero-order valence-corrected chi connectivity index (χ0v) is 14.8. The predicted molar refractivity (Wildman–Crippen MR) is 110 cm³/mol. The normalized spacial score (nSPS) is 11.4. The first-order chi connectivity index (χ1) is 13.7. The monoisotopic (exact) mass is 371 g/mol. The molecule has 8 nitrogen and oxygen atoms in total. The van der Waals surface area contributed by atoms with Gasteiger partial charge in [-0.2, -0.15) is 10.1 Å². The first kappa shape index (κ1) is 17.2. The van der Waals surface area contributed by atoms with Crippen molar-refractivity contribution in [2.75, 3.05) is 10.6 Å². The van der Waals surface area contributed by atoms with E-state index in [0.717, 1.165) is 10.9 Å². The minimum atomic E-state index is -0.208. The Labute approximate surface area is 160 Å². The summed E-state index contributed by atoms with van der Waals surface area (Å²) in [5.41, 5.74) is 8.68. The van der Waals surface area contributed by atoms with Crippen LogP contribution in [0.15, 0.2) is 78.0 Å². The fourth-order valence-electron chi connectivity index (χ4n) is 2.64. The molecule has 2 aromatic carbocycles. The second-order valence-corrected chi connectivity index (χ2v) is 6.01. The van der Waals surface area contributed by atoms with Gasteiger partial charge >= 0.3 is 0 Å². The lowest BCUT2D eigenvalue weighted by atomic mass is 10.2. The van der Waals surface area contributed by atoms with Gasteiger partial charge in [-0.1, -0.05) is 6.07 Å². The van der Waals surface area contributed by atoms with Crippen LogP contribution in [0.1, 0.15) is 10.4 Å². The summed E-state index contributed by atoms with van der Waals surface area (Å²) < 4.78 is 0. The molecule has 0 bridgehead atoms. The van der Waals surface area contributed by atoms with Gasteiger partial charge in [0.2, 0.25) is 0 Å². The summed E-state index contributed by atoms with van der Waals surface area (Å²) in [5.74, 6) is 0.516. The topological polar surface area (TPSA) is 121 Å². The number of guanidine groups is 1. The number of pyridine rings is 1. The lowest BCUT2D eigenvalue weighted by Gasteiger charge is -2.08. The zero-order chi connectivity index (χ0) is 19.3. The van der Waals surface area contributed by atoms with Crippen LogP contribution in [0.5, 0.6) is 0 Å². The first-order valence-electron chi connectivity index (χ1n) is 8.54. The molecule has 0 atom stereocenters. The van der Waals surface area contributed by atoms with Crippen LogP contribution in [0.2, 0.25) is 0 Å². The third kappa shape index (κ3) is 3.96. The van der Waals surface area contributed by atoms with Crippen molar-refractivity contribution in [2.45, 2.75) is 0 Å². The van der Waals surface area contributed by atoms with Gasteiger partial charge in [0, 0.05) is 28.5 Å². The van der Waals surface area contributed by atoms with Gasteiger partial charge in [-0.25, -0.2) is 4.98 Å². The van der Waals surface area contributed by atoms with Crippen LogP contribution in [0.3, 0.4) is 0 Å². The molecule has 28 heavy (non-hydrogen) atoms. The summed E-state index contributed by atoms with van der Waals surface area (Å²) in [4.78, 5) is 20.7. The van der Waals surface area contributed by atoms with Crippen molar-refractivity contribution in [1.29, 1.82) is 0 Å². The van der Waals surface area contributed by atoms with E-state index in [1.807, 2.05) is 24.3 Å². The van der Waals surface area contributed by atoms with Gasteiger partial charge in [0.05, 0.1) is 11.7 Å². The first-order valence-corrected chi connectivity index (χ1v) is 8.54. The second kappa shape index (κ2) is 7.58. The fraction of sp³-hybridized carbons (Fsp3) is 0. The minimum absolute atomic E-state index is 0.208. The number of benzene rings is 2. The van der Waals surface area contributed by atoms with E-state index in [2.05, 4.69) is 30.8 Å². The lowest BCUT2D eigenvalue weighted by molar-refractivity contribution is 0.102. The third-order valence-electron chi connectivity index (χ3n) is 4.00. The van der Waals surface area contributed by atoms with Crippen molar-refractivity contribution in [2.24, 2.45) is 10.7 Å². The number of amides is 1. The molecule has 0 saturated heterocycles. The number of nitrogens with one attached hydrogen (secondary N) is 3. The molecule has 0 unspecified atom stereocenters. The minimum Gasteiger partial charge on any atom is -0.369 e. The van der Waals surface area contributed by atoms with Crippen LogP contribution in [-0.2, 0) is 0 Å². The highest BCUT2D eigenvalue weighted by Gasteiger charge is 2.07.